The zero-order valence-electron chi connectivity index (χ0n) is 21.7. The van der Waals surface area contributed by atoms with Gasteiger partial charge in [-0.05, 0) is 60.2 Å². The van der Waals surface area contributed by atoms with Crippen LogP contribution in [0.5, 0.6) is 5.75 Å². The van der Waals surface area contributed by atoms with E-state index in [2.05, 4.69) is 5.32 Å². The van der Waals surface area contributed by atoms with Crippen molar-refractivity contribution in [3.05, 3.63) is 103 Å². The summed E-state index contributed by atoms with van der Waals surface area (Å²) in [5.74, 6) is -3.77. The number of amides is 3. The maximum Gasteiger partial charge on any atom is 0.416 e. The average molecular weight is 646 g/mol. The van der Waals surface area contributed by atoms with Gasteiger partial charge in [0.05, 0.1) is 22.2 Å². The third kappa shape index (κ3) is 5.32. The molecule has 4 aromatic rings. The highest BCUT2D eigenvalue weighted by Crippen LogP contribution is 2.54. The number of thiazole rings is 1. The van der Waals surface area contributed by atoms with Gasteiger partial charge in [0, 0.05) is 21.5 Å². The van der Waals surface area contributed by atoms with Crippen molar-refractivity contribution in [1.82, 2.24) is 4.57 Å². The number of nitrogens with one attached hydrogen (secondary N) is 1. The lowest BCUT2D eigenvalue weighted by Crippen LogP contribution is -2.33. The molecule has 1 saturated heterocycles. The van der Waals surface area contributed by atoms with Crippen LogP contribution in [0.25, 0.3) is 0 Å². The number of anilines is 2. The summed E-state index contributed by atoms with van der Waals surface area (Å²) in [6.45, 7) is -0.400. The summed E-state index contributed by atoms with van der Waals surface area (Å²) >= 11 is 7.88. The molecule has 0 spiro atoms. The second kappa shape index (κ2) is 10.9. The molecule has 2 N–H and O–H groups in total. The van der Waals surface area contributed by atoms with Crippen LogP contribution in [0.1, 0.15) is 21.9 Å². The molecule has 0 saturated carbocycles. The number of nitrogens with zero attached hydrogens (tertiary/aromatic N) is 2. The van der Waals surface area contributed by atoms with Crippen molar-refractivity contribution < 1.29 is 32.7 Å². The molecule has 3 aromatic carbocycles. The summed E-state index contributed by atoms with van der Waals surface area (Å²) in [6.07, 6.45) is -4.68. The van der Waals surface area contributed by atoms with Crippen molar-refractivity contribution in [3.8, 4) is 5.75 Å². The molecule has 1 fully saturated rings. The van der Waals surface area contributed by atoms with Crippen molar-refractivity contribution in [2.24, 2.45) is 5.92 Å². The third-order valence-electron chi connectivity index (χ3n) is 7.16. The smallest absolute Gasteiger partial charge is 0.416 e. The molecule has 43 heavy (non-hydrogen) atoms. The molecule has 1 aromatic heterocycles. The van der Waals surface area contributed by atoms with E-state index >= 15 is 0 Å². The number of benzene rings is 3. The Kier molecular flexibility index (Phi) is 7.35. The van der Waals surface area contributed by atoms with Gasteiger partial charge in [0.25, 0.3) is 0 Å². The average Bonchev–Trinajstić information content (AvgIpc) is 3.40. The van der Waals surface area contributed by atoms with E-state index in [1.165, 1.54) is 34.9 Å². The number of carbonyl (C=O) groups excluding carboxylic acids is 3. The molecule has 2 aliphatic rings. The van der Waals surface area contributed by atoms with Crippen LogP contribution in [-0.4, -0.2) is 32.6 Å². The van der Waals surface area contributed by atoms with Gasteiger partial charge in [0.15, 0.2) is 0 Å². The molecule has 0 radical (unpaired) electrons. The van der Waals surface area contributed by atoms with Gasteiger partial charge < -0.3 is 10.4 Å². The molecule has 0 bridgehead atoms. The number of alkyl halides is 3. The maximum absolute atomic E-state index is 13.9. The quantitative estimate of drug-likeness (QED) is 0.212. The predicted octanol–water partition coefficient (Wildman–Crippen LogP) is 5.72. The third-order valence-corrected chi connectivity index (χ3v) is 10.0. The zero-order valence-corrected chi connectivity index (χ0v) is 24.1. The number of phenols is 1. The minimum absolute atomic E-state index is 0.00951. The summed E-state index contributed by atoms with van der Waals surface area (Å²) in [6, 6.07) is 16.3. The minimum atomic E-state index is -4.68. The minimum Gasteiger partial charge on any atom is -0.508 e. The number of thioether (sulfide) groups is 1. The maximum atomic E-state index is 13.9. The first-order chi connectivity index (χ1) is 20.4. The second-order valence-corrected chi connectivity index (χ2v) is 12.4. The van der Waals surface area contributed by atoms with Crippen LogP contribution in [0.3, 0.4) is 0 Å². The van der Waals surface area contributed by atoms with E-state index in [4.69, 9.17) is 11.6 Å². The van der Waals surface area contributed by atoms with Crippen LogP contribution in [0, 0.1) is 5.92 Å². The Balaban J connectivity index is 1.40. The molecular weight excluding hydrogens is 627 g/mol. The first-order valence-electron chi connectivity index (χ1n) is 12.7. The fraction of sp³-hybridized carbons (Fsp3) is 0.172. The topological polar surface area (TPSA) is 109 Å². The lowest BCUT2D eigenvalue weighted by Gasteiger charge is -2.30. The number of rotatable bonds is 5. The Labute approximate surface area is 254 Å². The fourth-order valence-corrected chi connectivity index (χ4v) is 8.15. The van der Waals surface area contributed by atoms with Crippen molar-refractivity contribution in [3.63, 3.8) is 0 Å². The Morgan fingerprint density at radius 2 is 1.67 bits per heavy atom. The van der Waals surface area contributed by atoms with E-state index in [0.29, 0.717) is 26.2 Å². The SMILES string of the molecule is O=C(Cn1c2c(sc1=O)[C@@H](c1ccc(Cl)cc1)[C@@H]1C(=O)N(c3cccc(C(F)(F)F)c3)C(=O)[C@@H]1S2)Nc1ccc(O)cc1. The summed E-state index contributed by atoms with van der Waals surface area (Å²) in [4.78, 5) is 54.5. The first kappa shape index (κ1) is 29.0. The summed E-state index contributed by atoms with van der Waals surface area (Å²) in [5, 5.41) is 11.8. The summed E-state index contributed by atoms with van der Waals surface area (Å²) < 4.78 is 41.6. The van der Waals surface area contributed by atoms with E-state index in [0.717, 1.165) is 46.2 Å². The first-order valence-corrected chi connectivity index (χ1v) is 14.8. The number of hydrogen-bond acceptors (Lipinski definition) is 7. The molecule has 0 aliphatic carbocycles. The monoisotopic (exact) mass is 645 g/mol. The standard InChI is InChI=1S/C29H19ClF3N3O5S2/c30-16-6-4-14(5-7-16)21-22-23(26(40)36(25(22)39)18-3-1-2-15(12-18)29(31,32)33)42-27-24(21)43-28(41)35(27)13-20(38)34-17-8-10-19(37)11-9-17/h1-12,21-23,37H,13H2,(H,34,38)/t21-,22-,23+/m0/s1. The van der Waals surface area contributed by atoms with Crippen LogP contribution in [0.4, 0.5) is 24.5 Å². The van der Waals surface area contributed by atoms with Gasteiger partial charge in [0.1, 0.15) is 17.5 Å². The Morgan fingerprint density at radius 3 is 2.35 bits per heavy atom. The largest absolute Gasteiger partial charge is 0.508 e. The number of aromatic nitrogens is 1. The van der Waals surface area contributed by atoms with Gasteiger partial charge in [-0.2, -0.15) is 13.2 Å². The van der Waals surface area contributed by atoms with Crippen molar-refractivity contribution in [2.75, 3.05) is 10.2 Å². The summed E-state index contributed by atoms with van der Waals surface area (Å²) in [7, 11) is 0. The molecule has 8 nitrogen and oxygen atoms in total. The number of carbonyl (C=O) groups is 3. The van der Waals surface area contributed by atoms with E-state index in [1.54, 1.807) is 24.3 Å². The molecule has 3 atom stereocenters. The molecule has 0 unspecified atom stereocenters. The van der Waals surface area contributed by atoms with Gasteiger partial charge in [-0.15, -0.1) is 0 Å². The lowest BCUT2D eigenvalue weighted by molar-refractivity contribution is -0.137. The van der Waals surface area contributed by atoms with Gasteiger partial charge in [-0.25, -0.2) is 4.90 Å². The highest BCUT2D eigenvalue weighted by molar-refractivity contribution is 8.00. The highest BCUT2D eigenvalue weighted by Gasteiger charge is 2.57. The molecule has 3 heterocycles. The van der Waals surface area contributed by atoms with E-state index in [-0.39, 0.29) is 11.4 Å². The molecule has 14 heteroatoms. The number of imide groups is 1. The van der Waals surface area contributed by atoms with E-state index in [1.807, 2.05) is 0 Å². The molecule has 3 amide bonds. The molecule has 6 rings (SSSR count). The van der Waals surface area contributed by atoms with Crippen LogP contribution in [-0.2, 0) is 27.1 Å². The Hall–Kier alpha value is -4.07. The van der Waals surface area contributed by atoms with Crippen molar-refractivity contribution in [2.45, 2.75) is 28.9 Å². The molecular formula is C29H19ClF3N3O5S2. The zero-order chi connectivity index (χ0) is 30.6. The second-order valence-electron chi connectivity index (χ2n) is 9.87. The van der Waals surface area contributed by atoms with Gasteiger partial charge in [-0.1, -0.05) is 52.9 Å². The molecule has 2 aliphatic heterocycles. The van der Waals surface area contributed by atoms with Crippen molar-refractivity contribution in [1.29, 1.82) is 0 Å². The number of hydrogen-bond donors (Lipinski definition) is 2. The normalized spacial score (nSPS) is 19.7. The van der Waals surface area contributed by atoms with Gasteiger partial charge in [-0.3, -0.25) is 23.7 Å². The number of halogens is 4. The van der Waals surface area contributed by atoms with Crippen LogP contribution in [0.2, 0.25) is 5.02 Å². The van der Waals surface area contributed by atoms with Crippen LogP contribution < -0.4 is 15.1 Å². The van der Waals surface area contributed by atoms with Crippen LogP contribution in [0.15, 0.2) is 82.6 Å². The number of phenolic OH excluding ortho intramolecular Hbond substituents is 1. The number of fused-ring (bicyclic) bond motifs is 2. The number of aromatic hydroxyl groups is 1. The van der Waals surface area contributed by atoms with Gasteiger partial charge in [0.2, 0.25) is 17.7 Å². The van der Waals surface area contributed by atoms with E-state index < -0.39 is 58.0 Å². The Morgan fingerprint density at radius 1 is 0.977 bits per heavy atom. The Bertz CT molecular complexity index is 1820. The summed E-state index contributed by atoms with van der Waals surface area (Å²) in [5.41, 5.74) is -0.242. The fourth-order valence-electron chi connectivity index (χ4n) is 5.25. The van der Waals surface area contributed by atoms with Crippen LogP contribution >= 0.6 is 34.7 Å². The lowest BCUT2D eigenvalue weighted by atomic mass is 9.83. The van der Waals surface area contributed by atoms with Crippen molar-refractivity contribution >= 4 is 63.8 Å². The van der Waals surface area contributed by atoms with Gasteiger partial charge >= 0.3 is 11.0 Å². The highest BCUT2D eigenvalue weighted by atomic mass is 35.5. The molecule has 220 valence electrons. The predicted molar refractivity (Wildman–Crippen MR) is 156 cm³/mol. The van der Waals surface area contributed by atoms with E-state index in [9.17, 15) is 37.5 Å².